The first-order valence-corrected chi connectivity index (χ1v) is 11.3. The number of benzene rings is 1. The summed E-state index contributed by atoms with van der Waals surface area (Å²) >= 11 is 15.7. The van der Waals surface area contributed by atoms with Gasteiger partial charge in [-0.05, 0) is 40.8 Å². The van der Waals surface area contributed by atoms with Crippen molar-refractivity contribution in [1.82, 2.24) is 9.80 Å². The average molecular weight is 532 g/mol. The molecule has 160 valence electrons. The van der Waals surface area contributed by atoms with Crippen molar-refractivity contribution in [3.63, 3.8) is 0 Å². The molecule has 1 rings (SSSR count). The van der Waals surface area contributed by atoms with E-state index in [1.54, 1.807) is 0 Å². The monoisotopic (exact) mass is 531 g/mol. The summed E-state index contributed by atoms with van der Waals surface area (Å²) in [6.45, 7) is 13.2. The number of nitro benzene ring substituents is 1. The van der Waals surface area contributed by atoms with E-state index in [2.05, 4.69) is 37.5 Å². The van der Waals surface area contributed by atoms with E-state index in [1.807, 2.05) is 0 Å². The van der Waals surface area contributed by atoms with Gasteiger partial charge in [0.15, 0.2) is 0 Å². The van der Waals surface area contributed by atoms with Crippen LogP contribution in [0.5, 0.6) is 0 Å². The van der Waals surface area contributed by atoms with Gasteiger partial charge in [0.1, 0.15) is 0 Å². The molecule has 0 spiro atoms. The third-order valence-corrected chi connectivity index (χ3v) is 4.50. The van der Waals surface area contributed by atoms with E-state index >= 15 is 0 Å². The zero-order valence-electron chi connectivity index (χ0n) is 16.9. The zero-order chi connectivity index (χ0) is 22.1. The van der Waals surface area contributed by atoms with Crippen molar-refractivity contribution >= 4 is 43.6 Å². The van der Waals surface area contributed by atoms with E-state index in [-0.39, 0.29) is 5.69 Å². The van der Waals surface area contributed by atoms with Gasteiger partial charge in [0, 0.05) is 37.3 Å². The van der Waals surface area contributed by atoms with Crippen LogP contribution in [0.2, 0.25) is 0 Å². The van der Waals surface area contributed by atoms with Crippen molar-refractivity contribution in [3.05, 3.63) is 34.4 Å². The molecular formula is C18H30N3O3S3Tc. The molecule has 28 heavy (non-hydrogen) atoms. The molecule has 0 aliphatic rings. The molecule has 0 saturated carbocycles. The minimum atomic E-state index is -0.450. The molecular weight excluding hydrogens is 501 g/mol. The first kappa shape index (κ1) is 30.1. The van der Waals surface area contributed by atoms with Crippen LogP contribution in [0.15, 0.2) is 29.2 Å². The summed E-state index contributed by atoms with van der Waals surface area (Å²) in [6.07, 6.45) is 0. The third-order valence-electron chi connectivity index (χ3n) is 3.86. The Morgan fingerprint density at radius 1 is 0.929 bits per heavy atom. The summed E-state index contributed by atoms with van der Waals surface area (Å²) in [5.41, 5.74) is 0.0774. The normalized spacial score (nSPS) is 10.5. The molecule has 0 bridgehead atoms. The summed E-state index contributed by atoms with van der Waals surface area (Å²) in [4.78, 5) is 15.2. The maximum atomic E-state index is 10.1. The summed E-state index contributed by atoms with van der Waals surface area (Å²) in [5.74, 6) is 1.61. The van der Waals surface area contributed by atoms with Crippen molar-refractivity contribution in [2.75, 3.05) is 37.7 Å². The summed E-state index contributed by atoms with van der Waals surface area (Å²) in [6, 6.07) is 7.06. The van der Waals surface area contributed by atoms with Crippen LogP contribution in [0.25, 0.3) is 0 Å². The SMILES string of the molecule is CC(C)N(CCN(CC[S-])CC[S-])C(C)C.O=[N+]([O-])c1ccc([S-])cc1.[O]=[99Tc+3]. The van der Waals surface area contributed by atoms with Gasteiger partial charge in [-0.25, -0.2) is 0 Å². The molecule has 0 heterocycles. The molecule has 6 nitrogen and oxygen atoms in total. The van der Waals surface area contributed by atoms with Gasteiger partial charge < -0.3 is 42.8 Å². The summed E-state index contributed by atoms with van der Waals surface area (Å²) in [7, 11) is 0. The minimum absolute atomic E-state index is 0.0774. The molecule has 0 aliphatic carbocycles. The van der Waals surface area contributed by atoms with Gasteiger partial charge in [-0.3, -0.25) is 15.0 Å². The van der Waals surface area contributed by atoms with Gasteiger partial charge in [0.25, 0.3) is 5.69 Å². The van der Waals surface area contributed by atoms with Gasteiger partial charge in [-0.15, -0.1) is 0 Å². The fourth-order valence-electron chi connectivity index (χ4n) is 2.53. The van der Waals surface area contributed by atoms with Crippen molar-refractivity contribution in [3.8, 4) is 0 Å². The van der Waals surface area contributed by atoms with Crippen molar-refractivity contribution in [1.29, 1.82) is 0 Å². The predicted molar refractivity (Wildman–Crippen MR) is 117 cm³/mol. The van der Waals surface area contributed by atoms with Crippen molar-refractivity contribution in [2.45, 2.75) is 44.7 Å². The second-order valence-electron chi connectivity index (χ2n) is 6.43. The average Bonchev–Trinajstić information content (AvgIpc) is 2.64. The number of non-ortho nitro benzene ring substituents is 1. The van der Waals surface area contributed by atoms with Crippen LogP contribution in [-0.2, 0) is 60.2 Å². The van der Waals surface area contributed by atoms with E-state index in [4.69, 9.17) is 41.4 Å². The van der Waals surface area contributed by atoms with Gasteiger partial charge >= 0.3 is 22.4 Å². The molecule has 0 atom stereocenters. The number of rotatable bonds is 10. The molecule has 0 aliphatic heterocycles. The van der Waals surface area contributed by atoms with Gasteiger partial charge in [-0.2, -0.15) is 16.4 Å². The quantitative estimate of drug-likeness (QED) is 0.260. The molecule has 0 amide bonds. The van der Waals surface area contributed by atoms with E-state index < -0.39 is 4.92 Å². The Kier molecular flexibility index (Phi) is 20.3. The van der Waals surface area contributed by atoms with Crippen LogP contribution in [0.3, 0.4) is 0 Å². The third kappa shape index (κ3) is 14.8. The van der Waals surface area contributed by atoms with Gasteiger partial charge in [-0.1, -0.05) is 12.1 Å². The molecule has 0 fully saturated rings. The molecule has 0 radical (unpaired) electrons. The van der Waals surface area contributed by atoms with Crippen LogP contribution in [0.1, 0.15) is 27.7 Å². The topological polar surface area (TPSA) is 66.7 Å². The Hall–Kier alpha value is -0.0906. The predicted octanol–water partition coefficient (Wildman–Crippen LogP) is 2.88. The Bertz CT molecular complexity index is 509. The first-order valence-electron chi connectivity index (χ1n) is 8.94. The van der Waals surface area contributed by atoms with Crippen molar-refractivity contribution in [2.24, 2.45) is 0 Å². The van der Waals surface area contributed by atoms with Crippen molar-refractivity contribution < 1.29 is 27.3 Å². The Morgan fingerprint density at radius 3 is 1.68 bits per heavy atom. The molecule has 0 aromatic heterocycles. The second-order valence-corrected chi connectivity index (χ2v) is 7.71. The number of nitrogens with zero attached hydrogens (tertiary/aromatic N) is 3. The fraction of sp³-hybridized carbons (Fsp3) is 0.667. The Balaban J connectivity index is 0. The standard InChI is InChI=1S/C12H28N2S2.C6H5NO2S.O.Tc/c1-11(2)14(12(3)4)6-5-13(7-9-15)8-10-16;8-7(9)5-1-3-6(10)4-2-5;;/h11-12,15-16H,5-10H2,1-4H3;1-4,10H;;/q;;;+3/p-3/i;;;1+1. The van der Waals surface area contributed by atoms with E-state index in [1.165, 1.54) is 24.3 Å². The Labute approximate surface area is 196 Å². The molecule has 0 N–H and O–H groups in total. The zero-order valence-corrected chi connectivity index (χ0v) is 21.2. The van der Waals surface area contributed by atoms with E-state index in [0.29, 0.717) is 17.0 Å². The fourth-order valence-corrected chi connectivity index (χ4v) is 3.18. The molecule has 0 saturated heterocycles. The van der Waals surface area contributed by atoms with Crippen LogP contribution in [0, 0.1) is 10.1 Å². The molecule has 0 unspecified atom stereocenters. The van der Waals surface area contributed by atoms with E-state index in [9.17, 15) is 10.1 Å². The first-order chi connectivity index (χ1) is 13.2. The van der Waals surface area contributed by atoms with Crippen LogP contribution >= 0.6 is 0 Å². The maximum absolute atomic E-state index is 10.1. The molecule has 1 aromatic rings. The van der Waals surface area contributed by atoms with Gasteiger partial charge in [0.05, 0.1) is 4.92 Å². The van der Waals surface area contributed by atoms with Gasteiger partial charge in [0.2, 0.25) is 0 Å². The summed E-state index contributed by atoms with van der Waals surface area (Å²) < 4.78 is 8.22. The summed E-state index contributed by atoms with van der Waals surface area (Å²) in [5, 5.41) is 10.1. The number of hydrogen-bond donors (Lipinski definition) is 0. The molecule has 1 aromatic carbocycles. The number of hydrogen-bond acceptors (Lipinski definition) is 8. The Morgan fingerprint density at radius 2 is 1.36 bits per heavy atom. The number of nitro groups is 1. The van der Waals surface area contributed by atoms with Crippen LogP contribution < -0.4 is 0 Å². The van der Waals surface area contributed by atoms with Crippen LogP contribution in [-0.4, -0.2) is 64.5 Å². The second kappa shape index (κ2) is 18.9. The van der Waals surface area contributed by atoms with E-state index in [0.717, 1.165) is 56.5 Å². The molecule has 10 heteroatoms. The van der Waals surface area contributed by atoms with Crippen LogP contribution in [0.4, 0.5) is 5.69 Å².